The van der Waals surface area contributed by atoms with Crippen molar-refractivity contribution in [3.05, 3.63) is 93.5 Å². The number of hydrogen-bond donors (Lipinski definition) is 1. The van der Waals surface area contributed by atoms with E-state index in [-0.39, 0.29) is 4.90 Å². The molecule has 9 heteroatoms. The van der Waals surface area contributed by atoms with Gasteiger partial charge in [-0.25, -0.2) is 13.8 Å². The van der Waals surface area contributed by atoms with E-state index in [2.05, 4.69) is 10.5 Å². The molecule has 0 saturated heterocycles. The predicted octanol–water partition coefficient (Wildman–Crippen LogP) is 4.96. The standard InChI is InChI=1S/C23H21Cl2N3O3S/c1-16-10-12-18(13-11-16)32(30,31)28(22-9-4-3-6-17(22)2)15-23(29)27-26-14-19-20(24)7-5-8-21(19)25/h3-14H,15H2,1-2H3,(H,27,29)/b26-14-. The molecular weight excluding hydrogens is 469 g/mol. The van der Waals surface area contributed by atoms with Gasteiger partial charge >= 0.3 is 0 Å². The van der Waals surface area contributed by atoms with Gasteiger partial charge in [0, 0.05) is 5.56 Å². The molecule has 3 aromatic rings. The molecular formula is C23H21Cl2N3O3S. The van der Waals surface area contributed by atoms with E-state index in [0.29, 0.717) is 26.9 Å². The first-order valence-corrected chi connectivity index (χ1v) is 11.8. The van der Waals surface area contributed by atoms with Gasteiger partial charge in [-0.05, 0) is 49.7 Å². The van der Waals surface area contributed by atoms with Crippen LogP contribution in [0.5, 0.6) is 0 Å². The molecule has 0 fully saturated rings. The monoisotopic (exact) mass is 489 g/mol. The molecule has 0 aliphatic rings. The zero-order valence-corrected chi connectivity index (χ0v) is 19.7. The second-order valence-electron chi connectivity index (χ2n) is 7.04. The van der Waals surface area contributed by atoms with Crippen molar-refractivity contribution >= 4 is 51.0 Å². The molecule has 0 bridgehead atoms. The van der Waals surface area contributed by atoms with Crippen molar-refractivity contribution in [2.24, 2.45) is 5.10 Å². The molecule has 1 amide bonds. The molecule has 32 heavy (non-hydrogen) atoms. The number of aryl methyl sites for hydroxylation is 2. The molecule has 0 saturated carbocycles. The summed E-state index contributed by atoms with van der Waals surface area (Å²) in [7, 11) is -4.00. The van der Waals surface area contributed by atoms with Crippen LogP contribution in [0.2, 0.25) is 10.0 Å². The predicted molar refractivity (Wildman–Crippen MR) is 129 cm³/mol. The van der Waals surface area contributed by atoms with Crippen molar-refractivity contribution in [2.45, 2.75) is 18.7 Å². The zero-order chi connectivity index (χ0) is 23.3. The van der Waals surface area contributed by atoms with Gasteiger partial charge in [-0.15, -0.1) is 0 Å². The number of rotatable bonds is 7. The highest BCUT2D eigenvalue weighted by Crippen LogP contribution is 2.27. The highest BCUT2D eigenvalue weighted by molar-refractivity contribution is 7.92. The van der Waals surface area contributed by atoms with Gasteiger partial charge in [0.1, 0.15) is 6.54 Å². The summed E-state index contributed by atoms with van der Waals surface area (Å²) in [4.78, 5) is 12.7. The molecule has 0 aromatic heterocycles. The maximum Gasteiger partial charge on any atom is 0.264 e. The summed E-state index contributed by atoms with van der Waals surface area (Å²) in [6.45, 7) is 3.18. The van der Waals surface area contributed by atoms with Crippen LogP contribution in [0.15, 0.2) is 76.7 Å². The number of para-hydroxylation sites is 1. The molecule has 6 nitrogen and oxygen atoms in total. The van der Waals surface area contributed by atoms with Gasteiger partial charge in [0.2, 0.25) is 0 Å². The number of hydrogen-bond acceptors (Lipinski definition) is 4. The molecule has 0 aliphatic heterocycles. The molecule has 1 N–H and O–H groups in total. The fourth-order valence-electron chi connectivity index (χ4n) is 2.95. The van der Waals surface area contributed by atoms with Crippen LogP contribution in [0.4, 0.5) is 5.69 Å². The van der Waals surface area contributed by atoms with Crippen molar-refractivity contribution in [2.75, 3.05) is 10.8 Å². The van der Waals surface area contributed by atoms with Crippen LogP contribution in [0, 0.1) is 13.8 Å². The molecule has 0 atom stereocenters. The minimum Gasteiger partial charge on any atom is -0.271 e. The Balaban J connectivity index is 1.88. The first-order chi connectivity index (χ1) is 15.2. The number of carbonyl (C=O) groups excluding carboxylic acids is 1. The van der Waals surface area contributed by atoms with Crippen molar-refractivity contribution in [1.29, 1.82) is 0 Å². The lowest BCUT2D eigenvalue weighted by atomic mass is 10.2. The minimum absolute atomic E-state index is 0.0884. The fourth-order valence-corrected chi connectivity index (χ4v) is 4.93. The zero-order valence-electron chi connectivity index (χ0n) is 17.4. The number of carbonyl (C=O) groups is 1. The molecule has 3 aromatic carbocycles. The van der Waals surface area contributed by atoms with E-state index < -0.39 is 22.5 Å². The van der Waals surface area contributed by atoms with E-state index in [1.54, 1.807) is 61.5 Å². The fraction of sp³-hybridized carbons (Fsp3) is 0.130. The summed E-state index contributed by atoms with van der Waals surface area (Å²) in [6, 6.07) is 18.4. The van der Waals surface area contributed by atoms with Crippen molar-refractivity contribution in [3.8, 4) is 0 Å². The lowest BCUT2D eigenvalue weighted by Crippen LogP contribution is -2.40. The number of amides is 1. The third-order valence-electron chi connectivity index (χ3n) is 4.66. The van der Waals surface area contributed by atoms with Gasteiger partial charge in [0.05, 0.1) is 26.8 Å². The van der Waals surface area contributed by atoms with E-state index in [0.717, 1.165) is 9.87 Å². The summed E-state index contributed by atoms with van der Waals surface area (Å²) in [5, 5.41) is 4.63. The third kappa shape index (κ3) is 5.48. The Morgan fingerprint density at radius 1 is 0.969 bits per heavy atom. The van der Waals surface area contributed by atoms with E-state index in [1.807, 2.05) is 6.92 Å². The molecule has 0 heterocycles. The van der Waals surface area contributed by atoms with Crippen LogP contribution >= 0.6 is 23.2 Å². The van der Waals surface area contributed by atoms with Crippen LogP contribution in [0.25, 0.3) is 0 Å². The van der Waals surface area contributed by atoms with Crippen LogP contribution in [0.3, 0.4) is 0 Å². The number of sulfonamides is 1. The lowest BCUT2D eigenvalue weighted by Gasteiger charge is -2.25. The van der Waals surface area contributed by atoms with Crippen LogP contribution < -0.4 is 9.73 Å². The molecule has 0 unspecified atom stereocenters. The van der Waals surface area contributed by atoms with E-state index in [4.69, 9.17) is 23.2 Å². The van der Waals surface area contributed by atoms with E-state index in [9.17, 15) is 13.2 Å². The number of anilines is 1. The van der Waals surface area contributed by atoms with Crippen LogP contribution in [0.1, 0.15) is 16.7 Å². The summed E-state index contributed by atoms with van der Waals surface area (Å²) >= 11 is 12.2. The molecule has 0 radical (unpaired) electrons. The molecule has 3 rings (SSSR count). The Bertz CT molecular complexity index is 1240. The largest absolute Gasteiger partial charge is 0.271 e. The van der Waals surface area contributed by atoms with Gasteiger partial charge in [-0.3, -0.25) is 9.10 Å². The Labute approximate surface area is 197 Å². The van der Waals surface area contributed by atoms with Crippen LogP contribution in [-0.2, 0) is 14.8 Å². The SMILES string of the molecule is Cc1ccc(S(=O)(=O)N(CC(=O)N/N=C\c2c(Cl)cccc2Cl)c2ccccc2C)cc1. The Morgan fingerprint density at radius 3 is 2.22 bits per heavy atom. The number of halogens is 2. The minimum atomic E-state index is -4.00. The smallest absolute Gasteiger partial charge is 0.264 e. The number of benzene rings is 3. The second-order valence-corrected chi connectivity index (χ2v) is 9.72. The maximum atomic E-state index is 13.4. The van der Waals surface area contributed by atoms with Crippen LogP contribution in [-0.4, -0.2) is 27.1 Å². The number of nitrogens with zero attached hydrogens (tertiary/aromatic N) is 2. The third-order valence-corrected chi connectivity index (χ3v) is 7.10. The van der Waals surface area contributed by atoms with Crippen molar-refractivity contribution in [1.82, 2.24) is 5.43 Å². The van der Waals surface area contributed by atoms with Gasteiger partial charge in [-0.2, -0.15) is 5.10 Å². The topological polar surface area (TPSA) is 78.8 Å². The van der Waals surface area contributed by atoms with E-state index >= 15 is 0 Å². The van der Waals surface area contributed by atoms with Gasteiger partial charge in [0.15, 0.2) is 0 Å². The number of nitrogens with one attached hydrogen (secondary N) is 1. The van der Waals surface area contributed by atoms with E-state index in [1.165, 1.54) is 18.3 Å². The van der Waals surface area contributed by atoms with Gasteiger partial charge in [-0.1, -0.05) is 65.2 Å². The quantitative estimate of drug-likeness (QED) is 0.376. The maximum absolute atomic E-state index is 13.4. The summed E-state index contributed by atoms with van der Waals surface area (Å²) in [5.41, 5.74) is 4.83. The van der Waals surface area contributed by atoms with Crippen molar-refractivity contribution in [3.63, 3.8) is 0 Å². The second kappa shape index (κ2) is 10.2. The van der Waals surface area contributed by atoms with Crippen molar-refractivity contribution < 1.29 is 13.2 Å². The highest BCUT2D eigenvalue weighted by atomic mass is 35.5. The summed E-state index contributed by atoms with van der Waals surface area (Å²) in [6.07, 6.45) is 1.31. The summed E-state index contributed by atoms with van der Waals surface area (Å²) < 4.78 is 27.8. The highest BCUT2D eigenvalue weighted by Gasteiger charge is 2.28. The molecule has 0 aliphatic carbocycles. The number of hydrazone groups is 1. The average Bonchev–Trinajstić information content (AvgIpc) is 2.75. The average molecular weight is 490 g/mol. The first kappa shape index (κ1) is 23.8. The Kier molecular flexibility index (Phi) is 7.56. The molecule has 0 spiro atoms. The first-order valence-electron chi connectivity index (χ1n) is 9.61. The Morgan fingerprint density at radius 2 is 1.59 bits per heavy atom. The molecule has 166 valence electrons. The summed E-state index contributed by atoms with van der Waals surface area (Å²) in [5.74, 6) is -0.622. The van der Waals surface area contributed by atoms with Gasteiger partial charge < -0.3 is 0 Å². The normalized spacial score (nSPS) is 11.5. The lowest BCUT2D eigenvalue weighted by molar-refractivity contribution is -0.119. The Hall–Kier alpha value is -2.87. The van der Waals surface area contributed by atoms with Gasteiger partial charge in [0.25, 0.3) is 15.9 Å².